The van der Waals surface area contributed by atoms with E-state index in [1.165, 1.54) is 18.2 Å². The molecule has 2 aromatic rings. The molecule has 16 heavy (non-hydrogen) atoms. The molecule has 1 aliphatic rings. The van der Waals surface area contributed by atoms with Crippen molar-refractivity contribution in [2.24, 2.45) is 0 Å². The molecular formula is C13H16N2O. The molecule has 3 rings (SSSR count). The number of aromatic amines is 1. The van der Waals surface area contributed by atoms with Crippen molar-refractivity contribution in [3.63, 3.8) is 0 Å². The van der Waals surface area contributed by atoms with Gasteiger partial charge in [-0.2, -0.15) is 0 Å². The second-order valence-electron chi connectivity index (χ2n) is 4.33. The summed E-state index contributed by atoms with van der Waals surface area (Å²) >= 11 is 0. The molecule has 3 nitrogen and oxygen atoms in total. The molecule has 1 fully saturated rings. The highest BCUT2D eigenvalue weighted by molar-refractivity contribution is 5.80. The predicted octanol–water partition coefficient (Wildman–Crippen LogP) is 2.30. The highest BCUT2D eigenvalue weighted by Gasteiger charge is 2.14. The predicted molar refractivity (Wildman–Crippen MR) is 64.8 cm³/mol. The topological polar surface area (TPSA) is 37.0 Å². The van der Waals surface area contributed by atoms with E-state index in [0.29, 0.717) is 6.04 Å². The van der Waals surface area contributed by atoms with E-state index >= 15 is 0 Å². The Balaban J connectivity index is 1.68. The van der Waals surface area contributed by atoms with Gasteiger partial charge in [0.2, 0.25) is 0 Å². The van der Waals surface area contributed by atoms with Crippen LogP contribution in [0.1, 0.15) is 12.8 Å². The first-order valence-corrected chi connectivity index (χ1v) is 5.85. The standard InChI is InChI=1S/C13H16N2O/c1-2-11(14-6-1)9-16-12-3-4-13-10(8-12)5-7-15-13/h3-5,7-8,11,14-15H,1-2,6,9H2. The van der Waals surface area contributed by atoms with E-state index in [1.54, 1.807) is 0 Å². The average molecular weight is 216 g/mol. The number of benzene rings is 1. The molecule has 0 saturated carbocycles. The largest absolute Gasteiger partial charge is 0.492 e. The Kier molecular flexibility index (Phi) is 2.54. The van der Waals surface area contributed by atoms with Crippen LogP contribution in [0.25, 0.3) is 10.9 Å². The molecule has 1 atom stereocenters. The number of hydrogen-bond donors (Lipinski definition) is 2. The molecule has 2 heterocycles. The van der Waals surface area contributed by atoms with Gasteiger partial charge in [0.05, 0.1) is 0 Å². The van der Waals surface area contributed by atoms with Crippen LogP contribution >= 0.6 is 0 Å². The number of rotatable bonds is 3. The molecule has 0 radical (unpaired) electrons. The van der Waals surface area contributed by atoms with Crippen molar-refractivity contribution in [2.45, 2.75) is 18.9 Å². The Morgan fingerprint density at radius 3 is 3.19 bits per heavy atom. The van der Waals surface area contributed by atoms with Crippen molar-refractivity contribution >= 4 is 10.9 Å². The van der Waals surface area contributed by atoms with Crippen molar-refractivity contribution < 1.29 is 4.74 Å². The summed E-state index contributed by atoms with van der Waals surface area (Å²) in [6, 6.07) is 8.76. The Morgan fingerprint density at radius 1 is 1.31 bits per heavy atom. The van der Waals surface area contributed by atoms with Gasteiger partial charge in [0.25, 0.3) is 0 Å². The molecule has 2 N–H and O–H groups in total. The summed E-state index contributed by atoms with van der Waals surface area (Å²) in [5.41, 5.74) is 1.16. The van der Waals surface area contributed by atoms with Gasteiger partial charge in [-0.3, -0.25) is 0 Å². The zero-order chi connectivity index (χ0) is 10.8. The van der Waals surface area contributed by atoms with Gasteiger partial charge in [0.1, 0.15) is 12.4 Å². The molecule has 84 valence electrons. The zero-order valence-electron chi connectivity index (χ0n) is 9.20. The molecule has 1 aromatic carbocycles. The highest BCUT2D eigenvalue weighted by Crippen LogP contribution is 2.20. The van der Waals surface area contributed by atoms with E-state index in [1.807, 2.05) is 12.3 Å². The van der Waals surface area contributed by atoms with Crippen molar-refractivity contribution in [2.75, 3.05) is 13.2 Å². The molecule has 1 aliphatic heterocycles. The van der Waals surface area contributed by atoms with Gasteiger partial charge in [0.15, 0.2) is 0 Å². The summed E-state index contributed by atoms with van der Waals surface area (Å²) in [7, 11) is 0. The van der Waals surface area contributed by atoms with Gasteiger partial charge < -0.3 is 15.0 Å². The summed E-state index contributed by atoms with van der Waals surface area (Å²) in [6.07, 6.45) is 4.45. The fourth-order valence-corrected chi connectivity index (χ4v) is 2.22. The first-order valence-electron chi connectivity index (χ1n) is 5.85. The molecule has 0 aliphatic carbocycles. The maximum atomic E-state index is 5.79. The number of hydrogen-bond acceptors (Lipinski definition) is 2. The number of aromatic nitrogens is 1. The lowest BCUT2D eigenvalue weighted by atomic mass is 10.2. The minimum absolute atomic E-state index is 0.530. The van der Waals surface area contributed by atoms with Crippen LogP contribution < -0.4 is 10.1 Å². The maximum absolute atomic E-state index is 5.79. The van der Waals surface area contributed by atoms with Gasteiger partial charge in [-0.15, -0.1) is 0 Å². The van der Waals surface area contributed by atoms with Crippen LogP contribution in [0.5, 0.6) is 5.75 Å². The van der Waals surface area contributed by atoms with Crippen LogP contribution in [0.15, 0.2) is 30.5 Å². The third kappa shape index (κ3) is 1.91. The average Bonchev–Trinajstić information content (AvgIpc) is 2.97. The first-order chi connectivity index (χ1) is 7.92. The quantitative estimate of drug-likeness (QED) is 0.826. The van der Waals surface area contributed by atoms with Crippen LogP contribution in [-0.4, -0.2) is 24.2 Å². The van der Waals surface area contributed by atoms with Crippen LogP contribution in [0.3, 0.4) is 0 Å². The molecule has 1 unspecified atom stereocenters. The molecule has 3 heteroatoms. The van der Waals surface area contributed by atoms with E-state index < -0.39 is 0 Å². The Morgan fingerprint density at radius 2 is 2.31 bits per heavy atom. The van der Waals surface area contributed by atoms with Gasteiger partial charge >= 0.3 is 0 Å². The molecule has 0 spiro atoms. The van der Waals surface area contributed by atoms with E-state index in [-0.39, 0.29) is 0 Å². The monoisotopic (exact) mass is 216 g/mol. The van der Waals surface area contributed by atoms with Crippen LogP contribution in [0.4, 0.5) is 0 Å². The fourth-order valence-electron chi connectivity index (χ4n) is 2.22. The summed E-state index contributed by atoms with van der Waals surface area (Å²) in [6.45, 7) is 1.90. The molecule has 0 amide bonds. The van der Waals surface area contributed by atoms with Crippen molar-refractivity contribution in [1.29, 1.82) is 0 Å². The van der Waals surface area contributed by atoms with Gasteiger partial charge in [0, 0.05) is 23.1 Å². The van der Waals surface area contributed by atoms with Crippen LogP contribution in [0, 0.1) is 0 Å². The fraction of sp³-hybridized carbons (Fsp3) is 0.385. The lowest BCUT2D eigenvalue weighted by Crippen LogP contribution is -2.28. The normalized spacial score (nSPS) is 20.4. The van der Waals surface area contributed by atoms with Crippen molar-refractivity contribution in [3.05, 3.63) is 30.5 Å². The third-order valence-corrected chi connectivity index (χ3v) is 3.14. The van der Waals surface area contributed by atoms with E-state index in [9.17, 15) is 0 Å². The second kappa shape index (κ2) is 4.18. The highest BCUT2D eigenvalue weighted by atomic mass is 16.5. The van der Waals surface area contributed by atoms with Crippen molar-refractivity contribution in [3.8, 4) is 5.75 Å². The Bertz CT molecular complexity index is 471. The smallest absolute Gasteiger partial charge is 0.120 e. The van der Waals surface area contributed by atoms with Gasteiger partial charge in [-0.05, 0) is 43.7 Å². The third-order valence-electron chi connectivity index (χ3n) is 3.14. The van der Waals surface area contributed by atoms with Crippen molar-refractivity contribution in [1.82, 2.24) is 10.3 Å². The van der Waals surface area contributed by atoms with E-state index in [4.69, 9.17) is 4.74 Å². The zero-order valence-corrected chi connectivity index (χ0v) is 9.20. The summed E-state index contributed by atoms with van der Waals surface area (Å²) in [5, 5.41) is 4.63. The minimum Gasteiger partial charge on any atom is -0.492 e. The molecule has 0 bridgehead atoms. The lowest BCUT2D eigenvalue weighted by Gasteiger charge is -2.11. The van der Waals surface area contributed by atoms with Gasteiger partial charge in [-0.25, -0.2) is 0 Å². The second-order valence-corrected chi connectivity index (χ2v) is 4.33. The lowest BCUT2D eigenvalue weighted by molar-refractivity contribution is 0.277. The SMILES string of the molecule is c1cc2cc(OCC3CCCN3)ccc2[nH]1. The maximum Gasteiger partial charge on any atom is 0.120 e. The molecule has 1 aromatic heterocycles. The van der Waals surface area contributed by atoms with Crippen LogP contribution in [-0.2, 0) is 0 Å². The number of H-pyrrole nitrogens is 1. The van der Waals surface area contributed by atoms with Crippen LogP contribution in [0.2, 0.25) is 0 Å². The number of fused-ring (bicyclic) bond motifs is 1. The van der Waals surface area contributed by atoms with E-state index in [2.05, 4.69) is 28.5 Å². The van der Waals surface area contributed by atoms with Gasteiger partial charge in [-0.1, -0.05) is 0 Å². The Labute approximate surface area is 94.8 Å². The summed E-state index contributed by atoms with van der Waals surface area (Å²) in [5.74, 6) is 0.959. The molecule has 1 saturated heterocycles. The summed E-state index contributed by atoms with van der Waals surface area (Å²) in [4.78, 5) is 3.18. The molecular weight excluding hydrogens is 200 g/mol. The first kappa shape index (κ1) is 9.73. The van der Waals surface area contributed by atoms with E-state index in [0.717, 1.165) is 24.4 Å². The number of nitrogens with one attached hydrogen (secondary N) is 2. The number of ether oxygens (including phenoxy) is 1. The summed E-state index contributed by atoms with van der Waals surface area (Å²) < 4.78 is 5.79. The minimum atomic E-state index is 0.530. The Hall–Kier alpha value is -1.48.